The Morgan fingerprint density at radius 1 is 1.24 bits per heavy atom. The van der Waals surface area contributed by atoms with Crippen molar-refractivity contribution >= 4 is 15.7 Å². The largest absolute Gasteiger partial charge is 0.348 e. The highest BCUT2D eigenvalue weighted by Crippen LogP contribution is 2.11. The van der Waals surface area contributed by atoms with Crippen molar-refractivity contribution in [1.29, 1.82) is 0 Å². The van der Waals surface area contributed by atoms with Crippen LogP contribution in [0.4, 0.5) is 0 Å². The molecule has 0 aliphatic carbocycles. The molecule has 1 aromatic carbocycles. The predicted octanol–water partition coefficient (Wildman–Crippen LogP) is 0.984. The first-order chi connectivity index (χ1) is 9.96. The third kappa shape index (κ3) is 5.13. The van der Waals surface area contributed by atoms with E-state index in [1.54, 1.807) is 0 Å². The van der Waals surface area contributed by atoms with Crippen LogP contribution in [0.15, 0.2) is 30.3 Å². The van der Waals surface area contributed by atoms with Crippen LogP contribution in [0.2, 0.25) is 0 Å². The van der Waals surface area contributed by atoms with Gasteiger partial charge >= 0.3 is 0 Å². The van der Waals surface area contributed by atoms with Crippen LogP contribution in [-0.2, 0) is 14.6 Å². The molecule has 1 N–H and O–H groups in total. The fourth-order valence-electron chi connectivity index (χ4n) is 2.46. The minimum absolute atomic E-state index is 0.0468. The minimum atomic E-state index is -2.93. The topological polar surface area (TPSA) is 66.5 Å². The molecule has 1 aliphatic heterocycles. The Labute approximate surface area is 126 Å². The molecule has 2 rings (SSSR count). The smallest absolute Gasteiger partial charge is 0.234 e. The molecule has 1 aliphatic rings. The molecule has 1 aromatic rings. The van der Waals surface area contributed by atoms with Gasteiger partial charge in [0.25, 0.3) is 0 Å². The molecule has 0 aromatic heterocycles. The zero-order valence-corrected chi connectivity index (χ0v) is 13.1. The van der Waals surface area contributed by atoms with Gasteiger partial charge < -0.3 is 5.32 Å². The van der Waals surface area contributed by atoms with E-state index in [-0.39, 0.29) is 30.0 Å². The maximum Gasteiger partial charge on any atom is 0.234 e. The van der Waals surface area contributed by atoms with Gasteiger partial charge in [0.15, 0.2) is 9.84 Å². The number of sulfone groups is 1. The molecule has 1 unspecified atom stereocenters. The molecule has 0 spiro atoms. The lowest BCUT2D eigenvalue weighted by Crippen LogP contribution is -2.39. The summed E-state index contributed by atoms with van der Waals surface area (Å²) in [4.78, 5) is 14.0. The van der Waals surface area contributed by atoms with Crippen LogP contribution in [-0.4, -0.2) is 50.4 Å². The number of nitrogens with zero attached hydrogens (tertiary/aromatic N) is 1. The number of hydrogen-bond donors (Lipinski definition) is 1. The maximum atomic E-state index is 12.1. The van der Waals surface area contributed by atoms with Crippen LogP contribution in [0.3, 0.4) is 0 Å². The lowest BCUT2D eigenvalue weighted by molar-refractivity contribution is -0.122. The minimum Gasteiger partial charge on any atom is -0.348 e. The van der Waals surface area contributed by atoms with Crippen molar-refractivity contribution in [2.45, 2.75) is 19.4 Å². The number of rotatable bonds is 4. The van der Waals surface area contributed by atoms with E-state index in [1.165, 1.54) is 0 Å². The fraction of sp³-hybridized carbons (Fsp3) is 0.533. The van der Waals surface area contributed by atoms with Crippen LogP contribution in [0, 0.1) is 0 Å². The number of carbonyl (C=O) groups excluding carboxylic acids is 1. The number of hydrogen-bond acceptors (Lipinski definition) is 4. The molecule has 6 heteroatoms. The highest BCUT2D eigenvalue weighted by atomic mass is 32.2. The molecule has 0 radical (unpaired) electrons. The monoisotopic (exact) mass is 310 g/mol. The van der Waals surface area contributed by atoms with Gasteiger partial charge in [-0.25, -0.2) is 8.42 Å². The van der Waals surface area contributed by atoms with Crippen LogP contribution in [0.25, 0.3) is 0 Å². The number of benzene rings is 1. The highest BCUT2D eigenvalue weighted by molar-refractivity contribution is 7.91. The lowest BCUT2D eigenvalue weighted by atomic mass is 10.1. The molecule has 1 saturated heterocycles. The average Bonchev–Trinajstić information content (AvgIpc) is 2.61. The summed E-state index contributed by atoms with van der Waals surface area (Å²) in [6.07, 6.45) is 0.601. The first-order valence-corrected chi connectivity index (χ1v) is 9.05. The van der Waals surface area contributed by atoms with Crippen LogP contribution in [0.1, 0.15) is 24.9 Å². The van der Waals surface area contributed by atoms with Crippen LogP contribution in [0.5, 0.6) is 0 Å². The van der Waals surface area contributed by atoms with Crippen molar-refractivity contribution in [2.75, 3.05) is 31.1 Å². The molecule has 116 valence electrons. The first-order valence-electron chi connectivity index (χ1n) is 7.23. The van der Waals surface area contributed by atoms with E-state index in [9.17, 15) is 13.2 Å². The number of carbonyl (C=O) groups is 1. The predicted molar refractivity (Wildman–Crippen MR) is 82.7 cm³/mol. The summed E-state index contributed by atoms with van der Waals surface area (Å²) in [5.74, 6) is 0.311. The lowest BCUT2D eigenvalue weighted by Gasteiger charge is -2.20. The van der Waals surface area contributed by atoms with E-state index in [0.717, 1.165) is 5.56 Å². The van der Waals surface area contributed by atoms with Gasteiger partial charge in [0.2, 0.25) is 5.91 Å². The SMILES string of the molecule is CC(NC(=O)CN1CCCS(=O)(=O)CC1)c1ccccc1. The first kappa shape index (κ1) is 16.0. The Morgan fingerprint density at radius 3 is 2.67 bits per heavy atom. The third-order valence-electron chi connectivity index (χ3n) is 3.69. The van der Waals surface area contributed by atoms with Crippen molar-refractivity contribution in [3.05, 3.63) is 35.9 Å². The van der Waals surface area contributed by atoms with Gasteiger partial charge in [-0.1, -0.05) is 30.3 Å². The zero-order chi connectivity index (χ0) is 15.3. The molecule has 5 nitrogen and oxygen atoms in total. The summed E-state index contributed by atoms with van der Waals surface area (Å²) in [6, 6.07) is 9.73. The Kier molecular flexibility index (Phi) is 5.36. The Morgan fingerprint density at radius 2 is 1.95 bits per heavy atom. The van der Waals surface area contributed by atoms with Gasteiger partial charge in [-0.3, -0.25) is 9.69 Å². The van der Waals surface area contributed by atoms with E-state index in [0.29, 0.717) is 19.5 Å². The Hall–Kier alpha value is -1.40. The Bertz CT molecular complexity index is 572. The second kappa shape index (κ2) is 7.04. The standard InChI is InChI=1S/C15H22N2O3S/c1-13(14-6-3-2-4-7-14)16-15(18)12-17-8-5-10-21(19,20)11-9-17/h2-4,6-7,13H,5,8-12H2,1H3,(H,16,18). The van der Waals surface area contributed by atoms with Gasteiger partial charge in [-0.05, 0) is 25.5 Å². The fourth-order valence-corrected chi connectivity index (χ4v) is 3.77. The molecular formula is C15H22N2O3S. The maximum absolute atomic E-state index is 12.1. The van der Waals surface area contributed by atoms with Gasteiger partial charge in [-0.15, -0.1) is 0 Å². The quantitative estimate of drug-likeness (QED) is 0.900. The van der Waals surface area contributed by atoms with E-state index in [2.05, 4.69) is 5.32 Å². The van der Waals surface area contributed by atoms with E-state index >= 15 is 0 Å². The second-order valence-electron chi connectivity index (χ2n) is 5.48. The second-order valence-corrected chi connectivity index (χ2v) is 7.79. The normalized spacial score (nSPS) is 20.4. The van der Waals surface area contributed by atoms with Crippen molar-refractivity contribution in [2.24, 2.45) is 0 Å². The number of nitrogens with one attached hydrogen (secondary N) is 1. The zero-order valence-electron chi connectivity index (χ0n) is 12.3. The molecule has 1 fully saturated rings. The van der Waals surface area contributed by atoms with Gasteiger partial charge in [0, 0.05) is 6.54 Å². The molecule has 1 amide bonds. The molecule has 1 heterocycles. The summed E-state index contributed by atoms with van der Waals surface area (Å²) in [7, 11) is -2.93. The molecule has 0 saturated carbocycles. The third-order valence-corrected chi connectivity index (χ3v) is 5.41. The van der Waals surface area contributed by atoms with E-state index in [1.807, 2.05) is 42.2 Å². The van der Waals surface area contributed by atoms with Crippen molar-refractivity contribution in [3.8, 4) is 0 Å². The molecular weight excluding hydrogens is 288 g/mol. The van der Waals surface area contributed by atoms with Gasteiger partial charge in [0.1, 0.15) is 0 Å². The van der Waals surface area contributed by atoms with Crippen molar-refractivity contribution in [3.63, 3.8) is 0 Å². The summed E-state index contributed by atoms with van der Waals surface area (Å²) < 4.78 is 23.1. The van der Waals surface area contributed by atoms with E-state index in [4.69, 9.17) is 0 Å². The number of amides is 1. The molecule has 0 bridgehead atoms. The Balaban J connectivity index is 1.84. The average molecular weight is 310 g/mol. The summed E-state index contributed by atoms with van der Waals surface area (Å²) >= 11 is 0. The van der Waals surface area contributed by atoms with E-state index < -0.39 is 9.84 Å². The van der Waals surface area contributed by atoms with Crippen LogP contribution >= 0.6 is 0 Å². The summed E-state index contributed by atoms with van der Waals surface area (Å²) in [5.41, 5.74) is 1.06. The summed E-state index contributed by atoms with van der Waals surface area (Å²) in [5, 5.41) is 2.95. The van der Waals surface area contributed by atoms with Crippen molar-refractivity contribution < 1.29 is 13.2 Å². The van der Waals surface area contributed by atoms with Crippen molar-refractivity contribution in [1.82, 2.24) is 10.2 Å². The molecule has 21 heavy (non-hydrogen) atoms. The van der Waals surface area contributed by atoms with Gasteiger partial charge in [-0.2, -0.15) is 0 Å². The summed E-state index contributed by atoms with van der Waals surface area (Å²) in [6.45, 7) is 3.30. The molecule has 1 atom stereocenters. The van der Waals surface area contributed by atoms with Crippen LogP contribution < -0.4 is 5.32 Å². The van der Waals surface area contributed by atoms with Gasteiger partial charge in [0.05, 0.1) is 24.1 Å². The highest BCUT2D eigenvalue weighted by Gasteiger charge is 2.21.